The van der Waals surface area contributed by atoms with Gasteiger partial charge in [0.15, 0.2) is 0 Å². The van der Waals surface area contributed by atoms with Gasteiger partial charge < -0.3 is 4.74 Å². The Hall–Kier alpha value is -1.60. The maximum atomic E-state index is 5.99. The first-order valence-electron chi connectivity index (χ1n) is 5.92. The summed E-state index contributed by atoms with van der Waals surface area (Å²) in [4.78, 5) is 0. The maximum Gasteiger partial charge on any atom is 0.108 e. The van der Waals surface area contributed by atoms with Crippen LogP contribution in [0.5, 0.6) is 0 Å². The molecule has 0 N–H and O–H groups in total. The van der Waals surface area contributed by atoms with E-state index in [9.17, 15) is 0 Å². The van der Waals surface area contributed by atoms with Crippen molar-refractivity contribution in [2.45, 2.75) is 25.6 Å². The van der Waals surface area contributed by atoms with Gasteiger partial charge in [0, 0.05) is 6.42 Å². The molecule has 0 saturated heterocycles. The van der Waals surface area contributed by atoms with Crippen molar-refractivity contribution in [1.82, 2.24) is 0 Å². The van der Waals surface area contributed by atoms with Crippen molar-refractivity contribution >= 4 is 0 Å². The van der Waals surface area contributed by atoms with Crippen molar-refractivity contribution in [3.05, 3.63) is 72.4 Å². The van der Waals surface area contributed by atoms with Crippen LogP contribution in [0, 0.1) is 6.92 Å². The zero-order chi connectivity index (χ0) is 12.1. The zero-order valence-corrected chi connectivity index (χ0v) is 10.2. The smallest absolute Gasteiger partial charge is 0.108 e. The van der Waals surface area contributed by atoms with Gasteiger partial charge in [0.25, 0.3) is 0 Å². The van der Waals surface area contributed by atoms with E-state index in [4.69, 9.17) is 4.74 Å². The molecule has 0 heterocycles. The third-order valence-corrected chi connectivity index (χ3v) is 3.04. The standard InChI is InChI=1S/C16H18O/c1-3-16(11-5-4-6-12-16)17-13-15-9-7-14(2)8-10-15/h3-11H,1,12-13H2,2H3. The third kappa shape index (κ3) is 2.95. The number of aryl methyl sites for hydroxylation is 1. The molecule has 2 rings (SSSR count). The Morgan fingerprint density at radius 2 is 2.06 bits per heavy atom. The van der Waals surface area contributed by atoms with E-state index in [0.29, 0.717) is 6.61 Å². The molecule has 0 amide bonds. The lowest BCUT2D eigenvalue weighted by atomic mass is 9.95. The van der Waals surface area contributed by atoms with Crippen LogP contribution < -0.4 is 0 Å². The highest BCUT2D eigenvalue weighted by Crippen LogP contribution is 2.25. The Morgan fingerprint density at radius 1 is 1.29 bits per heavy atom. The molecule has 1 aliphatic carbocycles. The van der Waals surface area contributed by atoms with E-state index < -0.39 is 0 Å². The summed E-state index contributed by atoms with van der Waals surface area (Å²) in [5.74, 6) is 0. The first-order chi connectivity index (χ1) is 8.24. The third-order valence-electron chi connectivity index (χ3n) is 3.04. The van der Waals surface area contributed by atoms with Crippen molar-refractivity contribution in [1.29, 1.82) is 0 Å². The normalized spacial score (nSPS) is 22.6. The van der Waals surface area contributed by atoms with Crippen LogP contribution in [-0.4, -0.2) is 5.60 Å². The van der Waals surface area contributed by atoms with Crippen molar-refractivity contribution in [2.75, 3.05) is 0 Å². The SMILES string of the molecule is C=CC1(OCc2ccc(C)cc2)C=CC=CC1. The van der Waals surface area contributed by atoms with Crippen LogP contribution in [0.15, 0.2) is 61.2 Å². The summed E-state index contributed by atoms with van der Waals surface area (Å²) in [6.07, 6.45) is 11.0. The highest BCUT2D eigenvalue weighted by molar-refractivity contribution is 5.25. The van der Waals surface area contributed by atoms with Gasteiger partial charge >= 0.3 is 0 Å². The molecular formula is C16H18O. The molecule has 1 unspecified atom stereocenters. The maximum absolute atomic E-state index is 5.99. The van der Waals surface area contributed by atoms with E-state index in [2.05, 4.69) is 49.9 Å². The minimum Gasteiger partial charge on any atom is -0.362 e. The highest BCUT2D eigenvalue weighted by atomic mass is 16.5. The molecular weight excluding hydrogens is 208 g/mol. The van der Waals surface area contributed by atoms with Crippen LogP contribution in [0.1, 0.15) is 17.5 Å². The Labute approximate surface area is 103 Å². The second-order valence-electron chi connectivity index (χ2n) is 4.42. The molecule has 1 heteroatoms. The molecule has 17 heavy (non-hydrogen) atoms. The number of hydrogen-bond donors (Lipinski definition) is 0. The molecule has 1 aliphatic rings. The monoisotopic (exact) mass is 226 g/mol. The Balaban J connectivity index is 2.01. The van der Waals surface area contributed by atoms with E-state index >= 15 is 0 Å². The molecule has 0 bridgehead atoms. The van der Waals surface area contributed by atoms with Gasteiger partial charge in [0.1, 0.15) is 5.60 Å². The van der Waals surface area contributed by atoms with E-state index in [1.807, 2.05) is 18.2 Å². The van der Waals surface area contributed by atoms with E-state index in [0.717, 1.165) is 6.42 Å². The van der Waals surface area contributed by atoms with Crippen molar-refractivity contribution in [3.63, 3.8) is 0 Å². The molecule has 0 aromatic heterocycles. The minimum absolute atomic E-state index is 0.334. The molecule has 1 atom stereocenters. The van der Waals surface area contributed by atoms with E-state index in [-0.39, 0.29) is 5.60 Å². The van der Waals surface area contributed by atoms with Crippen LogP contribution in [0.25, 0.3) is 0 Å². The summed E-state index contributed by atoms with van der Waals surface area (Å²) in [5, 5.41) is 0. The van der Waals surface area contributed by atoms with Crippen molar-refractivity contribution < 1.29 is 4.74 Å². The fraction of sp³-hybridized carbons (Fsp3) is 0.250. The summed E-state index contributed by atoms with van der Waals surface area (Å²) in [6, 6.07) is 8.43. The van der Waals surface area contributed by atoms with Crippen LogP contribution in [0.2, 0.25) is 0 Å². The van der Waals surface area contributed by atoms with Crippen molar-refractivity contribution in [3.8, 4) is 0 Å². The molecule has 1 aromatic carbocycles. The number of rotatable bonds is 4. The molecule has 0 fully saturated rings. The average Bonchev–Trinajstić information content (AvgIpc) is 2.39. The lowest BCUT2D eigenvalue weighted by Crippen LogP contribution is -2.27. The van der Waals surface area contributed by atoms with Crippen LogP contribution >= 0.6 is 0 Å². The van der Waals surface area contributed by atoms with Crippen LogP contribution in [0.3, 0.4) is 0 Å². The Bertz CT molecular complexity index is 439. The second kappa shape index (κ2) is 5.15. The first-order valence-corrected chi connectivity index (χ1v) is 5.92. The highest BCUT2D eigenvalue weighted by Gasteiger charge is 2.23. The fourth-order valence-electron chi connectivity index (χ4n) is 1.84. The quantitative estimate of drug-likeness (QED) is 0.706. The fourth-order valence-corrected chi connectivity index (χ4v) is 1.84. The van der Waals surface area contributed by atoms with Gasteiger partial charge in [-0.2, -0.15) is 0 Å². The van der Waals surface area contributed by atoms with Gasteiger partial charge in [-0.25, -0.2) is 0 Å². The summed E-state index contributed by atoms with van der Waals surface area (Å²) in [6.45, 7) is 6.58. The lowest BCUT2D eigenvalue weighted by Gasteiger charge is -2.28. The second-order valence-corrected chi connectivity index (χ2v) is 4.42. The topological polar surface area (TPSA) is 9.23 Å². The molecule has 0 spiro atoms. The zero-order valence-electron chi connectivity index (χ0n) is 10.2. The molecule has 1 nitrogen and oxygen atoms in total. The first kappa shape index (κ1) is 11.9. The van der Waals surface area contributed by atoms with Gasteiger partial charge in [-0.3, -0.25) is 0 Å². The largest absolute Gasteiger partial charge is 0.362 e. The van der Waals surface area contributed by atoms with Crippen LogP contribution in [-0.2, 0) is 11.3 Å². The average molecular weight is 226 g/mol. The van der Waals surface area contributed by atoms with Gasteiger partial charge in [0.2, 0.25) is 0 Å². The molecule has 1 aromatic rings. The Morgan fingerprint density at radius 3 is 2.65 bits per heavy atom. The van der Waals surface area contributed by atoms with Gasteiger partial charge in [0.05, 0.1) is 6.61 Å². The van der Waals surface area contributed by atoms with E-state index in [1.54, 1.807) is 0 Å². The van der Waals surface area contributed by atoms with Crippen LogP contribution in [0.4, 0.5) is 0 Å². The summed E-state index contributed by atoms with van der Waals surface area (Å²) < 4.78 is 5.99. The van der Waals surface area contributed by atoms with Crippen molar-refractivity contribution in [2.24, 2.45) is 0 Å². The lowest BCUT2D eigenvalue weighted by molar-refractivity contribution is 0.0166. The molecule has 88 valence electrons. The molecule has 0 saturated carbocycles. The molecule has 0 aliphatic heterocycles. The minimum atomic E-state index is -0.334. The number of allylic oxidation sites excluding steroid dienone is 2. The van der Waals surface area contributed by atoms with Gasteiger partial charge in [-0.05, 0) is 18.6 Å². The number of benzene rings is 1. The molecule has 0 radical (unpaired) electrons. The Kier molecular flexibility index (Phi) is 3.60. The van der Waals surface area contributed by atoms with Gasteiger partial charge in [-0.1, -0.05) is 60.7 Å². The van der Waals surface area contributed by atoms with Gasteiger partial charge in [-0.15, -0.1) is 0 Å². The predicted molar refractivity (Wildman–Crippen MR) is 71.8 cm³/mol. The number of ether oxygens (including phenoxy) is 1. The predicted octanol–water partition coefficient (Wildman–Crippen LogP) is 3.95. The summed E-state index contributed by atoms with van der Waals surface area (Å²) in [7, 11) is 0. The van der Waals surface area contributed by atoms with E-state index in [1.165, 1.54) is 11.1 Å². The number of hydrogen-bond acceptors (Lipinski definition) is 1. The summed E-state index contributed by atoms with van der Waals surface area (Å²) in [5.41, 5.74) is 2.13. The summed E-state index contributed by atoms with van der Waals surface area (Å²) >= 11 is 0.